The quantitative estimate of drug-likeness (QED) is 0.746. The topological polar surface area (TPSA) is 86.4 Å². The molecule has 0 radical (unpaired) electrons. The molecule has 1 aliphatic carbocycles. The van der Waals surface area contributed by atoms with Gasteiger partial charge in [-0.1, -0.05) is 12.8 Å². The predicted octanol–water partition coefficient (Wildman–Crippen LogP) is 2.09. The third-order valence-corrected chi connectivity index (χ3v) is 5.54. The molecule has 138 valence electrons. The Bertz CT molecular complexity index is 625. The fourth-order valence-electron chi connectivity index (χ4n) is 3.38. The van der Waals surface area contributed by atoms with Gasteiger partial charge in [0.15, 0.2) is 5.13 Å². The number of urea groups is 1. The lowest BCUT2D eigenvalue weighted by Gasteiger charge is -2.25. The predicted molar refractivity (Wildman–Crippen MR) is 98.8 cm³/mol. The van der Waals surface area contributed by atoms with Crippen molar-refractivity contribution < 1.29 is 9.59 Å². The minimum atomic E-state index is -0.228. The van der Waals surface area contributed by atoms with E-state index in [1.807, 2.05) is 13.8 Å². The summed E-state index contributed by atoms with van der Waals surface area (Å²) in [5, 5.41) is 9.35. The summed E-state index contributed by atoms with van der Waals surface area (Å²) in [5.74, 6) is 0.120. The molecule has 1 aliphatic heterocycles. The maximum absolute atomic E-state index is 12.2. The molecular formula is C17H27N5O2S. The van der Waals surface area contributed by atoms with E-state index < -0.39 is 0 Å². The lowest BCUT2D eigenvalue weighted by Crippen LogP contribution is -2.42. The van der Waals surface area contributed by atoms with E-state index in [1.54, 1.807) is 0 Å². The highest BCUT2D eigenvalue weighted by molar-refractivity contribution is 7.15. The van der Waals surface area contributed by atoms with Crippen molar-refractivity contribution in [2.24, 2.45) is 0 Å². The second kappa shape index (κ2) is 8.14. The number of anilines is 1. The first-order chi connectivity index (χ1) is 12.0. The summed E-state index contributed by atoms with van der Waals surface area (Å²) in [6.45, 7) is 5.82. The first-order valence-electron chi connectivity index (χ1n) is 9.07. The van der Waals surface area contributed by atoms with Crippen LogP contribution in [0.25, 0.3) is 0 Å². The van der Waals surface area contributed by atoms with Crippen LogP contribution in [0.2, 0.25) is 0 Å². The molecule has 0 saturated heterocycles. The summed E-state index contributed by atoms with van der Waals surface area (Å²) in [7, 11) is 0. The molecular weight excluding hydrogens is 338 g/mol. The van der Waals surface area contributed by atoms with Crippen molar-refractivity contribution in [1.82, 2.24) is 20.5 Å². The van der Waals surface area contributed by atoms with E-state index in [1.165, 1.54) is 24.2 Å². The monoisotopic (exact) mass is 365 g/mol. The standard InChI is InChI=1S/C17H27N5O2S/c1-11(2)18-16(24)21-17-20-13-7-8-22(9-14(13)25-17)10-15(23)19-12-5-3-4-6-12/h11-12H,3-10H2,1-2H3,(H,19,23)(H2,18,20,21,24). The minimum absolute atomic E-state index is 0.0865. The van der Waals surface area contributed by atoms with Crippen LogP contribution in [0, 0.1) is 0 Å². The summed E-state index contributed by atoms with van der Waals surface area (Å²) in [5.41, 5.74) is 1.04. The Balaban J connectivity index is 1.50. The fourth-order valence-corrected chi connectivity index (χ4v) is 4.42. The van der Waals surface area contributed by atoms with Gasteiger partial charge in [-0.25, -0.2) is 9.78 Å². The highest BCUT2D eigenvalue weighted by atomic mass is 32.1. The van der Waals surface area contributed by atoms with Gasteiger partial charge in [-0.2, -0.15) is 0 Å². The molecule has 0 unspecified atom stereocenters. The fraction of sp³-hybridized carbons (Fsp3) is 0.706. The third-order valence-electron chi connectivity index (χ3n) is 4.54. The molecule has 3 amide bonds. The van der Waals surface area contributed by atoms with Gasteiger partial charge in [0.1, 0.15) is 0 Å². The van der Waals surface area contributed by atoms with Crippen molar-refractivity contribution in [2.75, 3.05) is 18.4 Å². The number of hydrogen-bond acceptors (Lipinski definition) is 5. The second-order valence-electron chi connectivity index (χ2n) is 7.15. The van der Waals surface area contributed by atoms with Crippen LogP contribution in [0.15, 0.2) is 0 Å². The Hall–Kier alpha value is -1.67. The van der Waals surface area contributed by atoms with E-state index >= 15 is 0 Å². The van der Waals surface area contributed by atoms with Crippen LogP contribution >= 0.6 is 11.3 Å². The van der Waals surface area contributed by atoms with E-state index in [2.05, 4.69) is 25.8 Å². The molecule has 0 atom stereocenters. The molecule has 0 bridgehead atoms. The largest absolute Gasteiger partial charge is 0.352 e. The van der Waals surface area contributed by atoms with Crippen LogP contribution in [0.5, 0.6) is 0 Å². The number of fused-ring (bicyclic) bond motifs is 1. The van der Waals surface area contributed by atoms with E-state index in [4.69, 9.17) is 0 Å². The van der Waals surface area contributed by atoms with E-state index in [0.29, 0.717) is 17.7 Å². The van der Waals surface area contributed by atoms with Crippen molar-refractivity contribution in [2.45, 2.75) is 64.6 Å². The molecule has 1 aromatic rings. The van der Waals surface area contributed by atoms with E-state index in [-0.39, 0.29) is 18.0 Å². The Morgan fingerprint density at radius 3 is 2.80 bits per heavy atom. The zero-order chi connectivity index (χ0) is 17.8. The minimum Gasteiger partial charge on any atom is -0.352 e. The van der Waals surface area contributed by atoms with Gasteiger partial charge in [-0.05, 0) is 26.7 Å². The summed E-state index contributed by atoms with van der Waals surface area (Å²) >= 11 is 1.50. The lowest BCUT2D eigenvalue weighted by molar-refractivity contribution is -0.123. The first kappa shape index (κ1) is 18.1. The Kier molecular flexibility index (Phi) is 5.90. The van der Waals surface area contributed by atoms with E-state index in [9.17, 15) is 9.59 Å². The van der Waals surface area contributed by atoms with Gasteiger partial charge in [0.05, 0.1) is 12.2 Å². The van der Waals surface area contributed by atoms with Gasteiger partial charge < -0.3 is 10.6 Å². The molecule has 1 saturated carbocycles. The van der Waals surface area contributed by atoms with Crippen LogP contribution < -0.4 is 16.0 Å². The number of nitrogens with one attached hydrogen (secondary N) is 3. The molecule has 2 heterocycles. The van der Waals surface area contributed by atoms with Gasteiger partial charge in [0.2, 0.25) is 5.91 Å². The van der Waals surface area contributed by atoms with E-state index in [0.717, 1.165) is 42.9 Å². The third kappa shape index (κ3) is 5.15. The number of carbonyl (C=O) groups excluding carboxylic acids is 2. The highest BCUT2D eigenvalue weighted by Gasteiger charge is 2.24. The number of nitrogens with zero attached hydrogens (tertiary/aromatic N) is 2. The van der Waals surface area contributed by atoms with Crippen molar-refractivity contribution in [3.05, 3.63) is 10.6 Å². The van der Waals surface area contributed by atoms with Crippen LogP contribution in [0.4, 0.5) is 9.93 Å². The summed E-state index contributed by atoms with van der Waals surface area (Å²) in [6, 6.07) is 0.226. The average Bonchev–Trinajstić information content (AvgIpc) is 3.14. The van der Waals surface area contributed by atoms with Crippen molar-refractivity contribution in [3.63, 3.8) is 0 Å². The Morgan fingerprint density at radius 2 is 2.08 bits per heavy atom. The molecule has 2 aliphatic rings. The lowest BCUT2D eigenvalue weighted by atomic mass is 10.2. The Morgan fingerprint density at radius 1 is 1.32 bits per heavy atom. The van der Waals surface area contributed by atoms with Crippen LogP contribution in [-0.2, 0) is 17.8 Å². The molecule has 7 nitrogen and oxygen atoms in total. The number of thiazole rings is 1. The zero-order valence-electron chi connectivity index (χ0n) is 14.9. The van der Waals surface area contributed by atoms with Gasteiger partial charge in [0, 0.05) is 36.5 Å². The number of aromatic nitrogens is 1. The summed E-state index contributed by atoms with van der Waals surface area (Å²) in [6.07, 6.45) is 5.48. The number of hydrogen-bond donors (Lipinski definition) is 3. The van der Waals surface area contributed by atoms with Crippen molar-refractivity contribution in [3.8, 4) is 0 Å². The number of amides is 3. The van der Waals surface area contributed by atoms with Crippen LogP contribution in [0.1, 0.15) is 50.1 Å². The zero-order valence-corrected chi connectivity index (χ0v) is 15.7. The van der Waals surface area contributed by atoms with Gasteiger partial charge in [-0.3, -0.25) is 15.0 Å². The normalized spacial score (nSPS) is 18.2. The molecule has 8 heteroatoms. The Labute approximate surface area is 152 Å². The summed E-state index contributed by atoms with van der Waals surface area (Å²) < 4.78 is 0. The SMILES string of the molecule is CC(C)NC(=O)Nc1nc2c(s1)CN(CC(=O)NC1CCCC1)CC2. The van der Waals surface area contributed by atoms with Crippen molar-refractivity contribution >= 4 is 28.4 Å². The number of rotatable bonds is 5. The van der Waals surface area contributed by atoms with Gasteiger partial charge >= 0.3 is 6.03 Å². The summed E-state index contributed by atoms with van der Waals surface area (Å²) in [4.78, 5) is 31.8. The van der Waals surface area contributed by atoms with Gasteiger partial charge in [0.25, 0.3) is 0 Å². The molecule has 1 aromatic heterocycles. The maximum Gasteiger partial charge on any atom is 0.321 e. The molecule has 0 spiro atoms. The average molecular weight is 366 g/mol. The molecule has 25 heavy (non-hydrogen) atoms. The molecule has 3 N–H and O–H groups in total. The smallest absolute Gasteiger partial charge is 0.321 e. The van der Waals surface area contributed by atoms with Gasteiger partial charge in [-0.15, -0.1) is 11.3 Å². The van der Waals surface area contributed by atoms with Crippen LogP contribution in [-0.4, -0.2) is 47.0 Å². The highest BCUT2D eigenvalue weighted by Crippen LogP contribution is 2.28. The molecule has 1 fully saturated rings. The van der Waals surface area contributed by atoms with Crippen LogP contribution in [0.3, 0.4) is 0 Å². The molecule has 3 rings (SSSR count). The molecule has 0 aromatic carbocycles. The maximum atomic E-state index is 12.2. The second-order valence-corrected chi connectivity index (χ2v) is 8.24. The number of carbonyl (C=O) groups is 2. The first-order valence-corrected chi connectivity index (χ1v) is 9.89. The van der Waals surface area contributed by atoms with Crippen molar-refractivity contribution in [1.29, 1.82) is 0 Å².